The number of fused-ring (bicyclic) bond motifs is 1. The van der Waals surface area contributed by atoms with E-state index in [1.165, 1.54) is 6.20 Å². The summed E-state index contributed by atoms with van der Waals surface area (Å²) in [5.74, 6) is -1.03. The highest BCUT2D eigenvalue weighted by molar-refractivity contribution is 5.88. The molecule has 2 heterocycles. The maximum absolute atomic E-state index is 11.0. The van der Waals surface area contributed by atoms with Gasteiger partial charge in [0, 0.05) is 0 Å². The predicted octanol–water partition coefficient (Wildman–Crippen LogP) is 0.0595. The molecular weight excluding hydrogens is 220 g/mol. The van der Waals surface area contributed by atoms with Crippen molar-refractivity contribution in [3.05, 3.63) is 52.4 Å². The first kappa shape index (κ1) is 9.71. The minimum absolute atomic E-state index is 0.107. The minimum Gasteiger partial charge on any atom is -0.478 e. The molecule has 0 fully saturated rings. The van der Waals surface area contributed by atoms with E-state index in [4.69, 9.17) is 5.11 Å². The molecule has 2 N–H and O–H groups in total. The quantitative estimate of drug-likeness (QED) is 0.761. The van der Waals surface area contributed by atoms with Gasteiger partial charge in [-0.3, -0.25) is 15.1 Å². The summed E-state index contributed by atoms with van der Waals surface area (Å²) in [5.41, 5.74) is 0.518. The molecule has 1 aromatic carbocycles. The average Bonchev–Trinajstić information content (AvgIpc) is 2.95. The zero-order chi connectivity index (χ0) is 11.8. The largest absolute Gasteiger partial charge is 0.478 e. The van der Waals surface area contributed by atoms with Crippen molar-refractivity contribution >= 4 is 5.97 Å². The maximum Gasteiger partial charge on any atom is 0.339 e. The van der Waals surface area contributed by atoms with E-state index in [1.54, 1.807) is 0 Å². The zero-order valence-corrected chi connectivity index (χ0v) is 8.66. The molecule has 6 nitrogen and oxygen atoms in total. The highest BCUT2D eigenvalue weighted by Gasteiger charge is 2.21. The Morgan fingerprint density at radius 1 is 1.24 bits per heavy atom. The van der Waals surface area contributed by atoms with Crippen molar-refractivity contribution in [3.63, 3.8) is 0 Å². The monoisotopic (exact) mass is 228 g/mol. The number of carbonyl (C=O) groups is 1. The summed E-state index contributed by atoms with van der Waals surface area (Å²) in [7, 11) is 0. The molecule has 1 aliphatic heterocycles. The van der Waals surface area contributed by atoms with Gasteiger partial charge < -0.3 is 5.11 Å². The van der Waals surface area contributed by atoms with E-state index >= 15 is 0 Å². The number of hydrogen-bond donors (Lipinski definition) is 2. The summed E-state index contributed by atoms with van der Waals surface area (Å²) in [6.07, 6.45) is 0.729. The fraction of sp³-hybridized carbons (Fsp3) is 0.0909. The normalized spacial score (nSPS) is 13.9. The van der Waals surface area contributed by atoms with Crippen molar-refractivity contribution in [2.45, 2.75) is 6.17 Å². The van der Waals surface area contributed by atoms with Gasteiger partial charge in [-0.25, -0.2) is 4.79 Å². The summed E-state index contributed by atoms with van der Waals surface area (Å²) in [6, 6.07) is 7.42. The van der Waals surface area contributed by atoms with E-state index in [-0.39, 0.29) is 5.56 Å². The van der Waals surface area contributed by atoms with Crippen LogP contribution in [0.25, 0.3) is 0 Å². The van der Waals surface area contributed by atoms with E-state index in [1.807, 2.05) is 24.3 Å². The number of aromatic amines is 1. The Kier molecular flexibility index (Phi) is 2.01. The van der Waals surface area contributed by atoms with E-state index in [0.717, 1.165) is 10.7 Å². The second-order valence-electron chi connectivity index (χ2n) is 3.62. The number of hydrogen-bond acceptors (Lipinski definition) is 4. The first-order valence-electron chi connectivity index (χ1n) is 5.03. The number of carboxylic acids is 1. The Morgan fingerprint density at radius 3 is 2.47 bits per heavy atom. The van der Waals surface area contributed by atoms with Crippen LogP contribution in [0.2, 0.25) is 0 Å². The molecule has 0 atom stereocenters. The van der Waals surface area contributed by atoms with Crippen LogP contribution in [0.5, 0.6) is 0 Å². The first-order valence-corrected chi connectivity index (χ1v) is 5.03. The lowest BCUT2D eigenvalue weighted by Crippen LogP contribution is -2.19. The number of rotatable bonds is 2. The van der Waals surface area contributed by atoms with Crippen LogP contribution in [0, 0.1) is 0 Å². The summed E-state index contributed by atoms with van der Waals surface area (Å²) >= 11 is 0. The maximum atomic E-state index is 11.0. The molecule has 0 unspecified atom stereocenters. The third-order valence-electron chi connectivity index (χ3n) is 2.56. The highest BCUT2D eigenvalue weighted by atomic mass is 16.4. The van der Waals surface area contributed by atoms with Gasteiger partial charge in [0.05, 0.1) is 22.6 Å². The summed E-state index contributed by atoms with van der Waals surface area (Å²) in [6.45, 7) is 0. The van der Waals surface area contributed by atoms with Crippen molar-refractivity contribution in [2.24, 2.45) is 9.98 Å². The van der Waals surface area contributed by atoms with E-state index in [0.29, 0.717) is 5.69 Å². The van der Waals surface area contributed by atoms with Crippen molar-refractivity contribution in [3.8, 4) is 0 Å². The van der Waals surface area contributed by atoms with E-state index < -0.39 is 12.1 Å². The number of nitrogens with zero attached hydrogens (tertiary/aromatic N) is 3. The third kappa shape index (κ3) is 1.50. The SMILES string of the molecule is O=C(O)c1cn[nH]c1C1N=c2ccccc2=N1. The Labute approximate surface area is 95.4 Å². The number of para-hydroxylation sites is 2. The van der Waals surface area contributed by atoms with Crippen LogP contribution in [0.3, 0.4) is 0 Å². The second kappa shape index (κ2) is 3.51. The molecule has 1 aromatic heterocycles. The number of carboxylic acid groups (broad SMARTS) is 1. The van der Waals surface area contributed by atoms with Crippen molar-refractivity contribution in [1.29, 1.82) is 0 Å². The zero-order valence-electron chi connectivity index (χ0n) is 8.66. The van der Waals surface area contributed by atoms with E-state index in [2.05, 4.69) is 20.2 Å². The Balaban J connectivity index is 2.12. The lowest BCUT2D eigenvalue weighted by Gasteiger charge is -2.01. The highest BCUT2D eigenvalue weighted by Crippen LogP contribution is 2.20. The summed E-state index contributed by atoms with van der Waals surface area (Å²) < 4.78 is 0. The molecule has 0 radical (unpaired) electrons. The van der Waals surface area contributed by atoms with Crippen LogP contribution < -0.4 is 10.7 Å². The first-order chi connectivity index (χ1) is 8.25. The number of aromatic nitrogens is 2. The molecule has 0 saturated heterocycles. The Bertz CT molecular complexity index is 669. The van der Waals surface area contributed by atoms with Crippen LogP contribution in [-0.2, 0) is 0 Å². The van der Waals surface area contributed by atoms with Gasteiger partial charge in [0.25, 0.3) is 0 Å². The molecule has 0 spiro atoms. The van der Waals surface area contributed by atoms with Crippen LogP contribution >= 0.6 is 0 Å². The fourth-order valence-corrected chi connectivity index (χ4v) is 1.77. The molecule has 0 amide bonds. The number of benzene rings is 1. The van der Waals surface area contributed by atoms with Crippen molar-refractivity contribution < 1.29 is 9.90 Å². The molecule has 17 heavy (non-hydrogen) atoms. The van der Waals surface area contributed by atoms with E-state index in [9.17, 15) is 4.79 Å². The Hall–Kier alpha value is -2.50. The van der Waals surface area contributed by atoms with Crippen LogP contribution in [-0.4, -0.2) is 21.3 Å². The molecule has 1 aliphatic rings. The third-order valence-corrected chi connectivity index (χ3v) is 2.56. The lowest BCUT2D eigenvalue weighted by atomic mass is 10.2. The molecular formula is C11H8N4O2. The average molecular weight is 228 g/mol. The van der Waals surface area contributed by atoms with Crippen LogP contribution in [0.15, 0.2) is 40.4 Å². The second-order valence-corrected chi connectivity index (χ2v) is 3.62. The van der Waals surface area contributed by atoms with Gasteiger partial charge in [0.2, 0.25) is 0 Å². The van der Waals surface area contributed by atoms with Crippen LogP contribution in [0.4, 0.5) is 0 Å². The van der Waals surface area contributed by atoms with Crippen molar-refractivity contribution in [1.82, 2.24) is 10.2 Å². The summed E-state index contributed by atoms with van der Waals surface area (Å²) in [5, 5.41) is 16.9. The number of H-pyrrole nitrogens is 1. The molecule has 0 bridgehead atoms. The topological polar surface area (TPSA) is 90.7 Å². The predicted molar refractivity (Wildman–Crippen MR) is 57.0 cm³/mol. The van der Waals surface area contributed by atoms with Crippen LogP contribution in [0.1, 0.15) is 22.2 Å². The smallest absolute Gasteiger partial charge is 0.339 e. The number of aromatic carboxylic acids is 1. The lowest BCUT2D eigenvalue weighted by molar-refractivity contribution is 0.0695. The molecule has 84 valence electrons. The van der Waals surface area contributed by atoms with Crippen molar-refractivity contribution in [2.75, 3.05) is 0 Å². The van der Waals surface area contributed by atoms with Gasteiger partial charge in [0.1, 0.15) is 5.56 Å². The van der Waals surface area contributed by atoms with Gasteiger partial charge in [-0.05, 0) is 12.1 Å². The molecule has 0 saturated carbocycles. The van der Waals surface area contributed by atoms with Gasteiger partial charge >= 0.3 is 5.97 Å². The number of nitrogens with one attached hydrogen (secondary N) is 1. The Morgan fingerprint density at radius 2 is 1.88 bits per heavy atom. The molecule has 6 heteroatoms. The fourth-order valence-electron chi connectivity index (χ4n) is 1.77. The molecule has 2 aromatic rings. The van der Waals surface area contributed by atoms with Gasteiger partial charge in [-0.1, -0.05) is 12.1 Å². The van der Waals surface area contributed by atoms with Gasteiger partial charge in [-0.2, -0.15) is 5.10 Å². The van der Waals surface area contributed by atoms with Gasteiger partial charge in [-0.15, -0.1) is 0 Å². The molecule has 3 rings (SSSR count). The minimum atomic E-state index is -1.03. The van der Waals surface area contributed by atoms with Gasteiger partial charge in [0.15, 0.2) is 6.17 Å². The molecule has 0 aliphatic carbocycles. The summed E-state index contributed by atoms with van der Waals surface area (Å²) in [4.78, 5) is 19.6. The standard InChI is InChI=1S/C11H8N4O2/c16-11(17)6-5-12-15-9(6)10-13-7-3-1-2-4-8(7)14-10/h1-5,10H,(H,12,15)(H,16,17).